The molecular weight excluding hydrogens is 336 g/mol. The predicted octanol–water partition coefficient (Wildman–Crippen LogP) is 3.87. The van der Waals surface area contributed by atoms with E-state index in [0.29, 0.717) is 13.1 Å². The first kappa shape index (κ1) is 17.8. The van der Waals surface area contributed by atoms with Crippen LogP contribution in [0.4, 0.5) is 5.69 Å². The third-order valence-corrected chi connectivity index (χ3v) is 5.53. The van der Waals surface area contributed by atoms with Gasteiger partial charge in [0.2, 0.25) is 11.8 Å². The van der Waals surface area contributed by atoms with Crippen LogP contribution in [0.25, 0.3) is 0 Å². The van der Waals surface area contributed by atoms with E-state index < -0.39 is 0 Å². The quantitative estimate of drug-likeness (QED) is 0.810. The zero-order valence-electron chi connectivity index (χ0n) is 15.6. The minimum Gasteiger partial charge on any atom is -0.342 e. The van der Waals surface area contributed by atoms with Crippen LogP contribution in [0.5, 0.6) is 0 Å². The van der Waals surface area contributed by atoms with E-state index in [1.165, 1.54) is 0 Å². The molecule has 0 N–H and O–H groups in total. The number of amides is 2. The second kappa shape index (κ2) is 7.95. The molecule has 2 aromatic rings. The van der Waals surface area contributed by atoms with Crippen LogP contribution in [0.1, 0.15) is 31.2 Å². The van der Waals surface area contributed by atoms with Gasteiger partial charge in [-0.25, -0.2) is 0 Å². The van der Waals surface area contributed by atoms with Gasteiger partial charge in [-0.2, -0.15) is 0 Å². The summed E-state index contributed by atoms with van der Waals surface area (Å²) in [5, 5.41) is 0. The second-order valence-electron chi connectivity index (χ2n) is 7.64. The molecule has 1 aliphatic heterocycles. The first-order valence-corrected chi connectivity index (χ1v) is 9.91. The lowest BCUT2D eigenvalue weighted by molar-refractivity contribution is -0.136. The van der Waals surface area contributed by atoms with Gasteiger partial charge in [0.15, 0.2) is 0 Å². The lowest BCUT2D eigenvalue weighted by Crippen LogP contribution is -2.47. The van der Waals surface area contributed by atoms with E-state index >= 15 is 0 Å². The molecule has 4 heteroatoms. The van der Waals surface area contributed by atoms with Crippen molar-refractivity contribution in [2.45, 2.75) is 32.2 Å². The van der Waals surface area contributed by atoms with Gasteiger partial charge in [-0.3, -0.25) is 9.59 Å². The van der Waals surface area contributed by atoms with Crippen molar-refractivity contribution in [2.24, 2.45) is 11.8 Å². The molecule has 0 aromatic heterocycles. The molecule has 27 heavy (non-hydrogen) atoms. The lowest BCUT2D eigenvalue weighted by Gasteiger charge is -2.35. The Balaban J connectivity index is 1.53. The molecule has 1 heterocycles. The number of carbonyl (C=O) groups is 2. The van der Waals surface area contributed by atoms with Gasteiger partial charge in [0.25, 0.3) is 0 Å². The van der Waals surface area contributed by atoms with Gasteiger partial charge in [0, 0.05) is 24.7 Å². The summed E-state index contributed by atoms with van der Waals surface area (Å²) in [6.07, 6.45) is 3.78. The number of hydrogen-bond donors (Lipinski definition) is 0. The van der Waals surface area contributed by atoms with E-state index in [4.69, 9.17) is 0 Å². The maximum Gasteiger partial charge on any atom is 0.232 e. The van der Waals surface area contributed by atoms with E-state index in [1.54, 1.807) is 0 Å². The third kappa shape index (κ3) is 4.21. The Morgan fingerprint density at radius 3 is 2.22 bits per heavy atom. The highest BCUT2D eigenvalue weighted by Gasteiger charge is 2.37. The number of hydrogen-bond acceptors (Lipinski definition) is 2. The normalized spacial score (nSPS) is 19.6. The molecule has 0 radical (unpaired) electrons. The van der Waals surface area contributed by atoms with E-state index in [0.717, 1.165) is 43.5 Å². The van der Waals surface area contributed by atoms with Crippen LogP contribution >= 0.6 is 0 Å². The molecule has 0 spiro atoms. The number of likely N-dealkylation sites (tertiary alicyclic amines) is 1. The number of para-hydroxylation sites is 1. The Kier molecular flexibility index (Phi) is 5.23. The van der Waals surface area contributed by atoms with Gasteiger partial charge in [0.1, 0.15) is 0 Å². The zero-order valence-corrected chi connectivity index (χ0v) is 15.6. The molecule has 2 aromatic carbocycles. The minimum absolute atomic E-state index is 0.120. The first-order valence-electron chi connectivity index (χ1n) is 9.91. The summed E-state index contributed by atoms with van der Waals surface area (Å²) in [5.74, 6) is 0.471. The summed E-state index contributed by atoms with van der Waals surface area (Å²) in [7, 11) is 0. The van der Waals surface area contributed by atoms with Crippen molar-refractivity contribution in [2.75, 3.05) is 18.0 Å². The Bertz CT molecular complexity index is 787. The topological polar surface area (TPSA) is 40.6 Å². The summed E-state index contributed by atoms with van der Waals surface area (Å²) in [4.78, 5) is 29.7. The number of nitrogens with zero attached hydrogens (tertiary/aromatic N) is 2. The van der Waals surface area contributed by atoms with Crippen molar-refractivity contribution < 1.29 is 9.59 Å². The maximum atomic E-state index is 13.4. The molecule has 1 saturated carbocycles. The number of rotatable bonds is 5. The van der Waals surface area contributed by atoms with Gasteiger partial charge in [-0.05, 0) is 43.4 Å². The van der Waals surface area contributed by atoms with Crippen LogP contribution < -0.4 is 4.90 Å². The van der Waals surface area contributed by atoms with Gasteiger partial charge in [-0.1, -0.05) is 48.5 Å². The van der Waals surface area contributed by atoms with E-state index in [2.05, 4.69) is 0 Å². The number of anilines is 1. The molecule has 2 amide bonds. The molecule has 4 rings (SSSR count). The van der Waals surface area contributed by atoms with Crippen molar-refractivity contribution >= 4 is 17.5 Å². The summed E-state index contributed by atoms with van der Waals surface area (Å²) in [6.45, 7) is 1.91. The molecule has 2 aliphatic rings. The van der Waals surface area contributed by atoms with Crippen molar-refractivity contribution in [3.63, 3.8) is 0 Å². The fourth-order valence-electron chi connectivity index (χ4n) is 3.86. The molecular formula is C23H26N2O2. The second-order valence-corrected chi connectivity index (χ2v) is 7.64. The standard InChI is InChI=1S/C23H26N2O2/c26-22(19-13-14-19)24-15-7-10-20(17-24)23(27)25(21-11-5-2-6-12-21)16-18-8-3-1-4-9-18/h1-6,8-9,11-12,19-20H,7,10,13-17H2. The Morgan fingerprint density at radius 2 is 1.56 bits per heavy atom. The van der Waals surface area contributed by atoms with E-state index in [-0.39, 0.29) is 23.7 Å². The average molecular weight is 362 g/mol. The maximum absolute atomic E-state index is 13.4. The van der Waals surface area contributed by atoms with Gasteiger partial charge in [0.05, 0.1) is 12.5 Å². The summed E-state index contributed by atoms with van der Waals surface area (Å²) in [5.41, 5.74) is 2.02. The number of piperidine rings is 1. The van der Waals surface area contributed by atoms with Crippen molar-refractivity contribution in [1.82, 2.24) is 4.90 Å². The van der Waals surface area contributed by atoms with Crippen LogP contribution in [0.2, 0.25) is 0 Å². The highest BCUT2D eigenvalue weighted by molar-refractivity contribution is 5.95. The fourth-order valence-corrected chi connectivity index (χ4v) is 3.86. The molecule has 140 valence electrons. The van der Waals surface area contributed by atoms with E-state index in [1.807, 2.05) is 70.5 Å². The molecule has 2 fully saturated rings. The zero-order chi connectivity index (χ0) is 18.6. The first-order chi connectivity index (χ1) is 13.2. The molecule has 1 unspecified atom stereocenters. The minimum atomic E-state index is -0.120. The van der Waals surface area contributed by atoms with Crippen LogP contribution in [0.15, 0.2) is 60.7 Å². The molecule has 0 bridgehead atoms. The Morgan fingerprint density at radius 1 is 0.889 bits per heavy atom. The SMILES string of the molecule is O=C(C1CC1)N1CCCC(C(=O)N(Cc2ccccc2)c2ccccc2)C1. The van der Waals surface area contributed by atoms with Gasteiger partial charge < -0.3 is 9.80 Å². The van der Waals surface area contributed by atoms with E-state index in [9.17, 15) is 9.59 Å². The van der Waals surface area contributed by atoms with Crippen LogP contribution in [-0.2, 0) is 16.1 Å². The largest absolute Gasteiger partial charge is 0.342 e. The van der Waals surface area contributed by atoms with Crippen molar-refractivity contribution in [3.8, 4) is 0 Å². The number of carbonyl (C=O) groups excluding carboxylic acids is 2. The monoisotopic (exact) mass is 362 g/mol. The average Bonchev–Trinajstić information content (AvgIpc) is 3.58. The van der Waals surface area contributed by atoms with Crippen molar-refractivity contribution in [1.29, 1.82) is 0 Å². The van der Waals surface area contributed by atoms with Crippen LogP contribution in [-0.4, -0.2) is 29.8 Å². The smallest absolute Gasteiger partial charge is 0.232 e. The van der Waals surface area contributed by atoms with Gasteiger partial charge >= 0.3 is 0 Å². The summed E-state index contributed by atoms with van der Waals surface area (Å²) < 4.78 is 0. The van der Waals surface area contributed by atoms with Crippen LogP contribution in [0, 0.1) is 11.8 Å². The lowest BCUT2D eigenvalue weighted by atomic mass is 9.95. The summed E-state index contributed by atoms with van der Waals surface area (Å²) >= 11 is 0. The third-order valence-electron chi connectivity index (χ3n) is 5.53. The molecule has 4 nitrogen and oxygen atoms in total. The Hall–Kier alpha value is -2.62. The van der Waals surface area contributed by atoms with Gasteiger partial charge in [-0.15, -0.1) is 0 Å². The van der Waals surface area contributed by atoms with Crippen molar-refractivity contribution in [3.05, 3.63) is 66.2 Å². The van der Waals surface area contributed by atoms with Crippen LogP contribution in [0.3, 0.4) is 0 Å². The Labute approximate surface area is 160 Å². The predicted molar refractivity (Wildman–Crippen MR) is 106 cm³/mol. The highest BCUT2D eigenvalue weighted by Crippen LogP contribution is 2.33. The summed E-state index contributed by atoms with van der Waals surface area (Å²) in [6, 6.07) is 19.9. The molecule has 1 aliphatic carbocycles. The molecule has 1 saturated heterocycles. The number of benzene rings is 2. The molecule has 1 atom stereocenters. The fraction of sp³-hybridized carbons (Fsp3) is 0.391. The highest BCUT2D eigenvalue weighted by atomic mass is 16.2.